The number of benzene rings is 1. The molecule has 0 atom stereocenters. The second-order valence-corrected chi connectivity index (χ2v) is 5.04. The number of nitrogens with zero attached hydrogens (tertiary/aromatic N) is 1. The lowest BCUT2D eigenvalue weighted by Crippen LogP contribution is -2.30. The molecule has 0 saturated carbocycles. The Bertz CT molecular complexity index is 517. The van der Waals surface area contributed by atoms with Crippen LogP contribution in [0.1, 0.15) is 36.8 Å². The highest BCUT2D eigenvalue weighted by Crippen LogP contribution is 2.27. The van der Waals surface area contributed by atoms with Gasteiger partial charge in [0.15, 0.2) is 6.73 Å². The molecule has 0 radical (unpaired) electrons. The first-order valence-corrected chi connectivity index (χ1v) is 6.82. The van der Waals surface area contributed by atoms with E-state index in [1.807, 2.05) is 0 Å². The molecule has 1 aliphatic carbocycles. The van der Waals surface area contributed by atoms with Crippen molar-refractivity contribution in [2.45, 2.75) is 32.6 Å². The molecule has 2 aliphatic rings. The van der Waals surface area contributed by atoms with Gasteiger partial charge in [0.2, 0.25) is 0 Å². The molecule has 3 rings (SSSR count). The van der Waals surface area contributed by atoms with E-state index in [1.54, 1.807) is 0 Å². The third-order valence-electron chi connectivity index (χ3n) is 3.60. The average Bonchev–Trinajstić information content (AvgIpc) is 2.42. The molecule has 1 aliphatic heterocycles. The maximum atomic E-state index is 5.32. The van der Waals surface area contributed by atoms with Gasteiger partial charge in [-0.2, -0.15) is 5.10 Å². The van der Waals surface area contributed by atoms with E-state index in [1.165, 1.54) is 29.7 Å². The monoisotopic (exact) mass is 257 g/mol. The second-order valence-electron chi connectivity index (χ2n) is 5.04. The van der Waals surface area contributed by atoms with Crippen molar-refractivity contribution in [3.05, 3.63) is 46.7 Å². The molecule has 1 heterocycles. The highest BCUT2D eigenvalue weighted by atomic mass is 16.7. The van der Waals surface area contributed by atoms with Crippen molar-refractivity contribution in [2.24, 2.45) is 5.10 Å². The summed E-state index contributed by atoms with van der Waals surface area (Å²) in [5, 5.41) is 4.51. The van der Waals surface area contributed by atoms with Gasteiger partial charge < -0.3 is 0 Å². The van der Waals surface area contributed by atoms with Crippen LogP contribution in [0.15, 0.2) is 40.6 Å². The first kappa shape index (κ1) is 12.2. The molecular formula is C15H19N3O. The van der Waals surface area contributed by atoms with E-state index in [4.69, 9.17) is 4.84 Å². The lowest BCUT2D eigenvalue weighted by atomic mass is 9.90. The molecule has 1 aromatic rings. The zero-order chi connectivity index (χ0) is 13.1. The van der Waals surface area contributed by atoms with Crippen LogP contribution in [0.4, 0.5) is 0 Å². The maximum absolute atomic E-state index is 5.32. The average molecular weight is 257 g/mol. The topological polar surface area (TPSA) is 45.7 Å². The summed E-state index contributed by atoms with van der Waals surface area (Å²) >= 11 is 0. The fraction of sp³-hybridized carbons (Fsp3) is 0.400. The van der Waals surface area contributed by atoms with E-state index >= 15 is 0 Å². The number of hydroxylamine groups is 1. The molecule has 4 heteroatoms. The van der Waals surface area contributed by atoms with Crippen molar-refractivity contribution in [3.8, 4) is 0 Å². The van der Waals surface area contributed by atoms with Gasteiger partial charge in [-0.3, -0.25) is 15.7 Å². The van der Waals surface area contributed by atoms with Gasteiger partial charge in [0.25, 0.3) is 0 Å². The summed E-state index contributed by atoms with van der Waals surface area (Å²) in [5.74, 6) is 0. The second kappa shape index (κ2) is 5.45. The van der Waals surface area contributed by atoms with Gasteiger partial charge in [-0.25, -0.2) is 0 Å². The van der Waals surface area contributed by atoms with Gasteiger partial charge >= 0.3 is 0 Å². The van der Waals surface area contributed by atoms with E-state index in [0.29, 0.717) is 6.73 Å². The van der Waals surface area contributed by atoms with Crippen LogP contribution in [-0.4, -0.2) is 12.4 Å². The van der Waals surface area contributed by atoms with Crippen LogP contribution in [0.5, 0.6) is 0 Å². The van der Waals surface area contributed by atoms with E-state index in [-0.39, 0.29) is 0 Å². The summed E-state index contributed by atoms with van der Waals surface area (Å²) < 4.78 is 0. The van der Waals surface area contributed by atoms with Gasteiger partial charge in [-0.1, -0.05) is 29.8 Å². The van der Waals surface area contributed by atoms with E-state index in [9.17, 15) is 0 Å². The number of aryl methyl sites for hydroxylation is 1. The van der Waals surface area contributed by atoms with Crippen molar-refractivity contribution in [1.29, 1.82) is 0 Å². The summed E-state index contributed by atoms with van der Waals surface area (Å²) in [7, 11) is 0. The van der Waals surface area contributed by atoms with Crippen molar-refractivity contribution < 1.29 is 4.84 Å². The molecule has 0 spiro atoms. The number of nitrogens with one attached hydrogen (secondary N) is 2. The molecule has 1 aromatic carbocycles. The fourth-order valence-electron chi connectivity index (χ4n) is 2.56. The van der Waals surface area contributed by atoms with Crippen LogP contribution in [0, 0.1) is 6.92 Å². The highest BCUT2D eigenvalue weighted by molar-refractivity contribution is 6.13. The molecule has 0 aromatic heterocycles. The maximum Gasteiger partial charge on any atom is 0.159 e. The molecule has 0 amide bonds. The lowest BCUT2D eigenvalue weighted by molar-refractivity contribution is 0.0445. The Kier molecular flexibility index (Phi) is 3.51. The molecule has 4 nitrogen and oxygen atoms in total. The Morgan fingerprint density at radius 1 is 1.11 bits per heavy atom. The first-order valence-electron chi connectivity index (χ1n) is 6.82. The van der Waals surface area contributed by atoms with Crippen LogP contribution in [0.2, 0.25) is 0 Å². The van der Waals surface area contributed by atoms with Gasteiger partial charge in [0.1, 0.15) is 0 Å². The van der Waals surface area contributed by atoms with Gasteiger partial charge in [0.05, 0.1) is 5.71 Å². The minimum Gasteiger partial charge on any atom is -0.282 e. The van der Waals surface area contributed by atoms with Crippen molar-refractivity contribution in [2.75, 3.05) is 6.73 Å². The summed E-state index contributed by atoms with van der Waals surface area (Å²) in [6.07, 6.45) is 4.52. The molecule has 2 N–H and O–H groups in total. The number of rotatable bonds is 1. The number of hydrazone groups is 1. The van der Waals surface area contributed by atoms with E-state index in [0.717, 1.165) is 24.1 Å². The first-order chi connectivity index (χ1) is 9.34. The lowest BCUT2D eigenvalue weighted by Gasteiger charge is -2.24. The zero-order valence-corrected chi connectivity index (χ0v) is 11.2. The fourth-order valence-corrected chi connectivity index (χ4v) is 2.56. The van der Waals surface area contributed by atoms with Crippen LogP contribution < -0.4 is 10.9 Å². The summed E-state index contributed by atoms with van der Waals surface area (Å²) in [5.41, 5.74) is 12.0. The molecule has 0 bridgehead atoms. The Hall–Kier alpha value is -1.81. The van der Waals surface area contributed by atoms with Crippen molar-refractivity contribution in [1.82, 2.24) is 10.9 Å². The Balaban J connectivity index is 2.02. The zero-order valence-electron chi connectivity index (χ0n) is 11.2. The Morgan fingerprint density at radius 2 is 1.89 bits per heavy atom. The standard InChI is InChI=1S/C15H19N3O/c1-11-6-8-12(9-7-11)15-13-4-2-3-5-14(13)18-19-10-16-17-15/h6-9,16,18H,2-5,10H2,1H3. The van der Waals surface area contributed by atoms with Crippen molar-refractivity contribution >= 4 is 5.71 Å². The molecule has 100 valence electrons. The minimum atomic E-state index is 0.381. The van der Waals surface area contributed by atoms with Gasteiger partial charge in [-0.15, -0.1) is 0 Å². The number of allylic oxidation sites excluding steroid dienone is 2. The van der Waals surface area contributed by atoms with E-state index in [2.05, 4.69) is 47.2 Å². The summed E-state index contributed by atoms with van der Waals surface area (Å²) in [4.78, 5) is 5.32. The Labute approximate surface area is 113 Å². The molecule has 0 fully saturated rings. The number of hydrogen-bond donors (Lipinski definition) is 2. The molecule has 0 saturated heterocycles. The van der Waals surface area contributed by atoms with Crippen LogP contribution in [0.25, 0.3) is 0 Å². The highest BCUT2D eigenvalue weighted by Gasteiger charge is 2.20. The van der Waals surface area contributed by atoms with Gasteiger partial charge in [0, 0.05) is 16.8 Å². The number of hydrogen-bond acceptors (Lipinski definition) is 4. The normalized spacial score (nSPS) is 19.5. The van der Waals surface area contributed by atoms with E-state index < -0.39 is 0 Å². The largest absolute Gasteiger partial charge is 0.282 e. The predicted octanol–water partition coefficient (Wildman–Crippen LogP) is 2.61. The Morgan fingerprint density at radius 3 is 2.74 bits per heavy atom. The minimum absolute atomic E-state index is 0.381. The molecule has 19 heavy (non-hydrogen) atoms. The van der Waals surface area contributed by atoms with Crippen LogP contribution in [-0.2, 0) is 4.84 Å². The summed E-state index contributed by atoms with van der Waals surface area (Å²) in [6, 6.07) is 8.53. The molecular weight excluding hydrogens is 238 g/mol. The smallest absolute Gasteiger partial charge is 0.159 e. The van der Waals surface area contributed by atoms with Gasteiger partial charge in [-0.05, 0) is 32.6 Å². The quantitative estimate of drug-likeness (QED) is 0.813. The molecule has 0 unspecified atom stereocenters. The van der Waals surface area contributed by atoms with Crippen LogP contribution >= 0.6 is 0 Å². The predicted molar refractivity (Wildman–Crippen MR) is 75.4 cm³/mol. The van der Waals surface area contributed by atoms with Crippen LogP contribution in [0.3, 0.4) is 0 Å². The third-order valence-corrected chi connectivity index (χ3v) is 3.60. The SMILES string of the molecule is Cc1ccc(C2=NNCONC3=C2CCCC3)cc1. The van der Waals surface area contributed by atoms with Crippen molar-refractivity contribution in [3.63, 3.8) is 0 Å². The summed E-state index contributed by atoms with van der Waals surface area (Å²) in [6.45, 7) is 2.48. The third kappa shape index (κ3) is 2.63.